The first-order valence-electron chi connectivity index (χ1n) is 6.79. The van der Waals surface area contributed by atoms with E-state index in [0.29, 0.717) is 11.8 Å². The number of hydrogen-bond acceptors (Lipinski definition) is 4. The number of para-hydroxylation sites is 1. The molecule has 1 aromatic carbocycles. The maximum atomic E-state index is 5.95. The predicted molar refractivity (Wildman–Crippen MR) is 78.8 cm³/mol. The van der Waals surface area contributed by atoms with E-state index in [4.69, 9.17) is 9.15 Å². The number of aromatic nitrogens is 2. The van der Waals surface area contributed by atoms with E-state index in [-0.39, 0.29) is 11.0 Å². The van der Waals surface area contributed by atoms with Crippen LogP contribution in [0.25, 0.3) is 11.5 Å². The molecule has 0 aliphatic heterocycles. The van der Waals surface area contributed by atoms with Crippen LogP contribution in [-0.4, -0.2) is 15.8 Å². The van der Waals surface area contributed by atoms with Crippen LogP contribution in [0.15, 0.2) is 28.7 Å². The molecule has 0 aliphatic rings. The molecule has 0 unspecified atom stereocenters. The van der Waals surface area contributed by atoms with Gasteiger partial charge in [0.25, 0.3) is 5.89 Å². The molecular formula is C16H22N2O2. The van der Waals surface area contributed by atoms with Crippen molar-refractivity contribution in [1.29, 1.82) is 0 Å². The van der Waals surface area contributed by atoms with Crippen LogP contribution >= 0.6 is 0 Å². The van der Waals surface area contributed by atoms with E-state index in [1.807, 2.05) is 65.8 Å². The highest BCUT2D eigenvalue weighted by molar-refractivity contribution is 5.62. The highest BCUT2D eigenvalue weighted by Gasteiger charge is 2.24. The second-order valence-corrected chi connectivity index (χ2v) is 6.87. The first-order valence-corrected chi connectivity index (χ1v) is 6.79. The number of ether oxygens (including phenoxy) is 1. The standard InChI is InChI=1S/C16H22N2O2/c1-15(2,3)14-18-17-13(19-14)11-9-7-8-10-12(11)20-16(4,5)6/h7-10H,1-6H3. The molecule has 0 radical (unpaired) electrons. The van der Waals surface area contributed by atoms with Crippen molar-refractivity contribution in [2.75, 3.05) is 0 Å². The van der Waals surface area contributed by atoms with Gasteiger partial charge in [-0.05, 0) is 32.9 Å². The maximum absolute atomic E-state index is 5.95. The van der Waals surface area contributed by atoms with Gasteiger partial charge in [-0.3, -0.25) is 0 Å². The molecule has 0 saturated carbocycles. The summed E-state index contributed by atoms with van der Waals surface area (Å²) in [5, 5.41) is 8.28. The maximum Gasteiger partial charge on any atom is 0.251 e. The van der Waals surface area contributed by atoms with E-state index in [1.165, 1.54) is 0 Å². The van der Waals surface area contributed by atoms with E-state index in [0.717, 1.165) is 11.3 Å². The van der Waals surface area contributed by atoms with Gasteiger partial charge in [-0.25, -0.2) is 0 Å². The van der Waals surface area contributed by atoms with Crippen molar-refractivity contribution in [1.82, 2.24) is 10.2 Å². The summed E-state index contributed by atoms with van der Waals surface area (Å²) in [6, 6.07) is 7.72. The zero-order chi connectivity index (χ0) is 15.0. The van der Waals surface area contributed by atoms with Gasteiger partial charge >= 0.3 is 0 Å². The molecule has 0 fully saturated rings. The molecule has 0 N–H and O–H groups in total. The second-order valence-electron chi connectivity index (χ2n) is 6.87. The van der Waals surface area contributed by atoms with Crippen molar-refractivity contribution < 1.29 is 9.15 Å². The van der Waals surface area contributed by atoms with Gasteiger partial charge < -0.3 is 9.15 Å². The summed E-state index contributed by atoms with van der Waals surface area (Å²) in [4.78, 5) is 0. The van der Waals surface area contributed by atoms with Gasteiger partial charge in [-0.15, -0.1) is 10.2 Å². The van der Waals surface area contributed by atoms with Gasteiger partial charge in [0.1, 0.15) is 11.4 Å². The smallest absolute Gasteiger partial charge is 0.251 e. The summed E-state index contributed by atoms with van der Waals surface area (Å²) in [6.45, 7) is 12.2. The Morgan fingerprint density at radius 2 is 1.60 bits per heavy atom. The minimum Gasteiger partial charge on any atom is -0.487 e. The van der Waals surface area contributed by atoms with Crippen molar-refractivity contribution in [3.05, 3.63) is 30.2 Å². The zero-order valence-electron chi connectivity index (χ0n) is 13.0. The molecule has 0 atom stereocenters. The summed E-state index contributed by atoms with van der Waals surface area (Å²) in [5.74, 6) is 1.87. The third-order valence-corrected chi connectivity index (χ3v) is 2.60. The third kappa shape index (κ3) is 3.38. The molecular weight excluding hydrogens is 252 g/mol. The van der Waals surface area contributed by atoms with Crippen molar-refractivity contribution in [2.45, 2.75) is 52.6 Å². The molecule has 108 valence electrons. The van der Waals surface area contributed by atoms with Gasteiger partial charge in [0.15, 0.2) is 0 Å². The number of nitrogens with zero attached hydrogens (tertiary/aromatic N) is 2. The Morgan fingerprint density at radius 1 is 0.950 bits per heavy atom. The lowest BCUT2D eigenvalue weighted by Gasteiger charge is -2.22. The van der Waals surface area contributed by atoms with Crippen molar-refractivity contribution in [3.63, 3.8) is 0 Å². The van der Waals surface area contributed by atoms with E-state index in [2.05, 4.69) is 10.2 Å². The fourth-order valence-corrected chi connectivity index (χ4v) is 1.70. The Labute approximate surface area is 120 Å². The summed E-state index contributed by atoms with van der Waals surface area (Å²) >= 11 is 0. The van der Waals surface area contributed by atoms with Crippen LogP contribution in [0.3, 0.4) is 0 Å². The topological polar surface area (TPSA) is 48.2 Å². The average molecular weight is 274 g/mol. The van der Waals surface area contributed by atoms with Crippen LogP contribution in [0.2, 0.25) is 0 Å². The van der Waals surface area contributed by atoms with E-state index in [9.17, 15) is 0 Å². The first kappa shape index (κ1) is 14.6. The fraction of sp³-hybridized carbons (Fsp3) is 0.500. The van der Waals surface area contributed by atoms with Crippen LogP contribution in [0, 0.1) is 0 Å². The van der Waals surface area contributed by atoms with E-state index < -0.39 is 0 Å². The minimum atomic E-state index is -0.275. The summed E-state index contributed by atoms with van der Waals surface area (Å²) in [7, 11) is 0. The normalized spacial score (nSPS) is 12.5. The van der Waals surface area contributed by atoms with Crippen LogP contribution in [-0.2, 0) is 5.41 Å². The van der Waals surface area contributed by atoms with Crippen molar-refractivity contribution in [2.24, 2.45) is 0 Å². The Kier molecular flexibility index (Phi) is 3.59. The van der Waals surface area contributed by atoms with Crippen LogP contribution in [0.4, 0.5) is 0 Å². The second kappa shape index (κ2) is 4.93. The number of hydrogen-bond donors (Lipinski definition) is 0. The largest absolute Gasteiger partial charge is 0.487 e. The quantitative estimate of drug-likeness (QED) is 0.823. The summed E-state index contributed by atoms with van der Waals surface area (Å²) in [5.41, 5.74) is 0.388. The van der Waals surface area contributed by atoms with Gasteiger partial charge in [0, 0.05) is 5.41 Å². The van der Waals surface area contributed by atoms with Crippen molar-refractivity contribution >= 4 is 0 Å². The highest BCUT2D eigenvalue weighted by Crippen LogP contribution is 2.33. The zero-order valence-corrected chi connectivity index (χ0v) is 13.0. The number of rotatable bonds is 2. The molecule has 0 spiro atoms. The molecule has 4 heteroatoms. The Hall–Kier alpha value is -1.84. The molecule has 0 saturated heterocycles. The molecule has 0 amide bonds. The summed E-state index contributed by atoms with van der Waals surface area (Å²) in [6.07, 6.45) is 0. The Morgan fingerprint density at radius 3 is 2.15 bits per heavy atom. The molecule has 2 aromatic rings. The lowest BCUT2D eigenvalue weighted by Crippen LogP contribution is -2.23. The third-order valence-electron chi connectivity index (χ3n) is 2.60. The predicted octanol–water partition coefficient (Wildman–Crippen LogP) is 4.21. The average Bonchev–Trinajstić information content (AvgIpc) is 2.76. The SMILES string of the molecule is CC(C)(C)Oc1ccccc1-c1nnc(C(C)(C)C)o1. The van der Waals surface area contributed by atoms with Gasteiger partial charge in [0.2, 0.25) is 5.89 Å². The molecule has 2 rings (SSSR count). The van der Waals surface area contributed by atoms with Crippen LogP contribution in [0.5, 0.6) is 5.75 Å². The first-order chi connectivity index (χ1) is 9.17. The van der Waals surface area contributed by atoms with Crippen molar-refractivity contribution in [3.8, 4) is 17.2 Å². The van der Waals surface area contributed by atoms with E-state index >= 15 is 0 Å². The fourth-order valence-electron chi connectivity index (χ4n) is 1.70. The van der Waals surface area contributed by atoms with Crippen LogP contribution < -0.4 is 4.74 Å². The van der Waals surface area contributed by atoms with E-state index in [1.54, 1.807) is 0 Å². The number of benzene rings is 1. The van der Waals surface area contributed by atoms with Crippen LogP contribution in [0.1, 0.15) is 47.4 Å². The minimum absolute atomic E-state index is 0.162. The monoisotopic (exact) mass is 274 g/mol. The molecule has 0 bridgehead atoms. The van der Waals surface area contributed by atoms with Gasteiger partial charge in [-0.2, -0.15) is 0 Å². The lowest BCUT2D eigenvalue weighted by molar-refractivity contribution is 0.131. The molecule has 20 heavy (non-hydrogen) atoms. The highest BCUT2D eigenvalue weighted by atomic mass is 16.5. The molecule has 1 heterocycles. The Balaban J connectivity index is 2.40. The molecule has 4 nitrogen and oxygen atoms in total. The van der Waals surface area contributed by atoms with Gasteiger partial charge in [-0.1, -0.05) is 32.9 Å². The molecule has 1 aromatic heterocycles. The summed E-state index contributed by atoms with van der Waals surface area (Å²) < 4.78 is 11.7. The Bertz CT molecular complexity index is 589. The molecule has 0 aliphatic carbocycles. The lowest BCUT2D eigenvalue weighted by atomic mass is 9.97. The van der Waals surface area contributed by atoms with Gasteiger partial charge in [0.05, 0.1) is 5.56 Å².